The molecule has 0 saturated heterocycles. The van der Waals surface area contributed by atoms with E-state index in [4.69, 9.17) is 4.74 Å². The van der Waals surface area contributed by atoms with Crippen LogP contribution in [0.15, 0.2) is 11.4 Å². The summed E-state index contributed by atoms with van der Waals surface area (Å²) in [4.78, 5) is 28.1. The van der Waals surface area contributed by atoms with Crippen molar-refractivity contribution < 1.29 is 14.3 Å². The summed E-state index contributed by atoms with van der Waals surface area (Å²) < 4.78 is 5.43. The zero-order valence-corrected chi connectivity index (χ0v) is 14.8. The van der Waals surface area contributed by atoms with Crippen LogP contribution in [0.1, 0.15) is 32.2 Å². The number of amides is 2. The predicted octanol–water partition coefficient (Wildman–Crippen LogP) is 1.54. The van der Waals surface area contributed by atoms with Crippen LogP contribution in [-0.2, 0) is 29.2 Å². The van der Waals surface area contributed by atoms with Gasteiger partial charge in [-0.3, -0.25) is 14.7 Å². The largest absolute Gasteiger partial charge is 0.365 e. The van der Waals surface area contributed by atoms with E-state index < -0.39 is 0 Å². The van der Waals surface area contributed by atoms with Crippen LogP contribution in [0.25, 0.3) is 0 Å². The Morgan fingerprint density at radius 2 is 2.21 bits per heavy atom. The summed E-state index contributed by atoms with van der Waals surface area (Å²) in [6.07, 6.45) is 0. The number of carbonyl (C=O) groups excluding carboxylic acids is 2. The van der Waals surface area contributed by atoms with Gasteiger partial charge in [0.05, 0.1) is 36.0 Å². The van der Waals surface area contributed by atoms with Crippen molar-refractivity contribution in [2.24, 2.45) is 0 Å². The Bertz CT molecular complexity index is 765. The summed E-state index contributed by atoms with van der Waals surface area (Å²) in [6, 6.07) is 1.91. The molecule has 0 aromatic carbocycles. The third-order valence-electron chi connectivity index (χ3n) is 3.93. The molecule has 1 aliphatic heterocycles. The smallest absolute Gasteiger partial charge is 0.264 e. The molecule has 128 valence electrons. The van der Waals surface area contributed by atoms with Crippen LogP contribution in [0.4, 0.5) is 0 Å². The van der Waals surface area contributed by atoms with Gasteiger partial charge < -0.3 is 14.5 Å². The SMILES string of the molecule is Cc1csc(C(=O)N2Cc3[nH]nc(COCC(=O)N(C)C)c3C2)c1. The average Bonchev–Trinajstić information content (AvgIpc) is 3.23. The van der Waals surface area contributed by atoms with Crippen LogP contribution in [0.5, 0.6) is 0 Å². The Kier molecular flexibility index (Phi) is 4.68. The molecule has 8 heteroatoms. The summed E-state index contributed by atoms with van der Waals surface area (Å²) in [5.74, 6) is -0.0561. The van der Waals surface area contributed by atoms with Gasteiger partial charge in [0.25, 0.3) is 5.91 Å². The standard InChI is InChI=1S/C16H20N4O3S/c1-10-4-14(24-9-10)16(22)20-5-11-12(6-20)17-18-13(11)7-23-8-15(21)19(2)3/h4,9H,5-8H2,1-3H3,(H,17,18). The summed E-state index contributed by atoms with van der Waals surface area (Å²) in [7, 11) is 3.38. The van der Waals surface area contributed by atoms with Crippen molar-refractivity contribution in [3.63, 3.8) is 0 Å². The second-order valence-electron chi connectivity index (χ2n) is 6.06. The van der Waals surface area contributed by atoms with Crippen molar-refractivity contribution in [2.45, 2.75) is 26.6 Å². The number of rotatable bonds is 5. The van der Waals surface area contributed by atoms with Crippen molar-refractivity contribution >= 4 is 23.2 Å². The first-order valence-electron chi connectivity index (χ1n) is 7.63. The number of H-pyrrole nitrogens is 1. The molecule has 2 amide bonds. The Hall–Kier alpha value is -2.19. The van der Waals surface area contributed by atoms with Crippen molar-refractivity contribution in [1.29, 1.82) is 0 Å². The lowest BCUT2D eigenvalue weighted by Gasteiger charge is -2.14. The lowest BCUT2D eigenvalue weighted by Crippen LogP contribution is -2.26. The maximum Gasteiger partial charge on any atom is 0.264 e. The van der Waals surface area contributed by atoms with E-state index >= 15 is 0 Å². The third kappa shape index (κ3) is 3.34. The van der Waals surface area contributed by atoms with E-state index in [1.807, 2.05) is 18.4 Å². The van der Waals surface area contributed by atoms with Gasteiger partial charge in [0, 0.05) is 19.7 Å². The molecule has 2 aromatic heterocycles. The Labute approximate surface area is 144 Å². The van der Waals surface area contributed by atoms with Gasteiger partial charge in [0.2, 0.25) is 5.91 Å². The molecule has 0 fully saturated rings. The Morgan fingerprint density at radius 1 is 1.42 bits per heavy atom. The number of hydrogen-bond donors (Lipinski definition) is 1. The molecular weight excluding hydrogens is 328 g/mol. The molecule has 0 spiro atoms. The molecule has 0 unspecified atom stereocenters. The van der Waals surface area contributed by atoms with Gasteiger partial charge in [-0.2, -0.15) is 5.10 Å². The third-order valence-corrected chi connectivity index (χ3v) is 4.96. The summed E-state index contributed by atoms with van der Waals surface area (Å²) in [6.45, 7) is 3.29. The molecule has 1 N–H and O–H groups in total. The maximum absolute atomic E-state index is 12.5. The van der Waals surface area contributed by atoms with Gasteiger partial charge in [-0.05, 0) is 23.9 Å². The normalized spacial score (nSPS) is 13.2. The zero-order chi connectivity index (χ0) is 17.3. The van der Waals surface area contributed by atoms with E-state index in [0.717, 1.165) is 27.4 Å². The highest BCUT2D eigenvalue weighted by Crippen LogP contribution is 2.27. The molecule has 2 aromatic rings. The summed E-state index contributed by atoms with van der Waals surface area (Å²) in [5.41, 5.74) is 3.79. The van der Waals surface area contributed by atoms with Crippen molar-refractivity contribution in [3.8, 4) is 0 Å². The zero-order valence-electron chi connectivity index (χ0n) is 14.0. The van der Waals surface area contributed by atoms with E-state index in [1.54, 1.807) is 19.0 Å². The van der Waals surface area contributed by atoms with Crippen LogP contribution in [-0.4, -0.2) is 52.5 Å². The minimum atomic E-state index is -0.0907. The lowest BCUT2D eigenvalue weighted by atomic mass is 10.2. The van der Waals surface area contributed by atoms with Gasteiger partial charge in [-0.25, -0.2) is 0 Å². The molecule has 0 atom stereocenters. The van der Waals surface area contributed by atoms with Crippen molar-refractivity contribution in [3.05, 3.63) is 38.8 Å². The fraction of sp³-hybridized carbons (Fsp3) is 0.438. The molecule has 7 nitrogen and oxygen atoms in total. The number of nitrogens with zero attached hydrogens (tertiary/aromatic N) is 3. The first-order chi connectivity index (χ1) is 11.5. The molecule has 0 bridgehead atoms. The van der Waals surface area contributed by atoms with Crippen molar-refractivity contribution in [1.82, 2.24) is 20.0 Å². The summed E-state index contributed by atoms with van der Waals surface area (Å²) in [5, 5.41) is 9.19. The number of hydrogen-bond acceptors (Lipinski definition) is 5. The first kappa shape index (κ1) is 16.7. The van der Waals surface area contributed by atoms with E-state index in [2.05, 4.69) is 10.2 Å². The second-order valence-corrected chi connectivity index (χ2v) is 6.97. The first-order valence-corrected chi connectivity index (χ1v) is 8.51. The number of fused-ring (bicyclic) bond motifs is 1. The topological polar surface area (TPSA) is 78.5 Å². The van der Waals surface area contributed by atoms with Crippen LogP contribution in [0.2, 0.25) is 0 Å². The Morgan fingerprint density at radius 3 is 2.88 bits per heavy atom. The Balaban J connectivity index is 1.61. The van der Waals surface area contributed by atoms with Crippen LogP contribution in [0, 0.1) is 6.92 Å². The molecule has 3 heterocycles. The molecule has 3 rings (SSSR count). The molecule has 24 heavy (non-hydrogen) atoms. The summed E-state index contributed by atoms with van der Waals surface area (Å²) >= 11 is 1.47. The van der Waals surface area contributed by atoms with E-state index in [-0.39, 0.29) is 25.0 Å². The number of aromatic nitrogens is 2. The number of ether oxygens (including phenoxy) is 1. The van der Waals surface area contributed by atoms with Crippen molar-refractivity contribution in [2.75, 3.05) is 20.7 Å². The second kappa shape index (κ2) is 6.74. The number of likely N-dealkylation sites (N-methyl/N-ethyl adjacent to an activating group) is 1. The lowest BCUT2D eigenvalue weighted by molar-refractivity contribution is -0.134. The molecular formula is C16H20N4O3S. The van der Waals surface area contributed by atoms with E-state index in [9.17, 15) is 9.59 Å². The van der Waals surface area contributed by atoms with Gasteiger partial charge in [0.1, 0.15) is 6.61 Å². The number of thiophene rings is 1. The molecule has 1 aliphatic rings. The predicted molar refractivity (Wildman–Crippen MR) is 89.6 cm³/mol. The minimum absolute atomic E-state index is 0.0196. The monoisotopic (exact) mass is 348 g/mol. The number of carbonyl (C=O) groups is 2. The van der Waals surface area contributed by atoms with E-state index in [1.165, 1.54) is 16.2 Å². The quantitative estimate of drug-likeness (QED) is 0.889. The minimum Gasteiger partial charge on any atom is -0.365 e. The van der Waals surface area contributed by atoms with Gasteiger partial charge in [0.15, 0.2) is 0 Å². The molecule has 0 saturated carbocycles. The number of aromatic amines is 1. The number of nitrogens with one attached hydrogen (secondary N) is 1. The highest BCUT2D eigenvalue weighted by atomic mass is 32.1. The van der Waals surface area contributed by atoms with Crippen LogP contribution >= 0.6 is 11.3 Å². The number of aryl methyl sites for hydroxylation is 1. The average molecular weight is 348 g/mol. The fourth-order valence-corrected chi connectivity index (χ4v) is 3.39. The molecule has 0 radical (unpaired) electrons. The highest BCUT2D eigenvalue weighted by molar-refractivity contribution is 7.12. The maximum atomic E-state index is 12.5. The highest BCUT2D eigenvalue weighted by Gasteiger charge is 2.29. The molecule has 0 aliphatic carbocycles. The van der Waals surface area contributed by atoms with Crippen LogP contribution in [0.3, 0.4) is 0 Å². The van der Waals surface area contributed by atoms with Gasteiger partial charge in [-0.15, -0.1) is 11.3 Å². The van der Waals surface area contributed by atoms with Gasteiger partial charge >= 0.3 is 0 Å². The van der Waals surface area contributed by atoms with E-state index in [0.29, 0.717) is 13.1 Å². The van der Waals surface area contributed by atoms with Crippen LogP contribution < -0.4 is 0 Å². The fourth-order valence-electron chi connectivity index (χ4n) is 2.53. The van der Waals surface area contributed by atoms with Gasteiger partial charge in [-0.1, -0.05) is 0 Å².